The summed E-state index contributed by atoms with van der Waals surface area (Å²) < 4.78 is 12.7. The number of halogens is 1. The molecule has 1 nitrogen and oxygen atoms in total. The maximum Gasteiger partial charge on any atom is 0.137 e. The second kappa shape index (κ2) is 7.77. The van der Waals surface area contributed by atoms with Gasteiger partial charge in [-0.2, -0.15) is 0 Å². The number of Topliss-reactive ketones (excluding diaryl/α,β-unsaturated/α-hetero) is 1. The van der Waals surface area contributed by atoms with Crippen molar-refractivity contribution < 1.29 is 9.18 Å². The smallest absolute Gasteiger partial charge is 0.137 e. The summed E-state index contributed by atoms with van der Waals surface area (Å²) in [6.45, 7) is 3.66. The molecule has 0 N–H and O–H groups in total. The Morgan fingerprint density at radius 1 is 1.18 bits per heavy atom. The Labute approximate surface area is 102 Å². The number of carbonyl (C=O) groups excluding carboxylic acids is 1. The van der Waals surface area contributed by atoms with E-state index in [1.807, 2.05) is 6.08 Å². The number of allylic oxidation sites excluding steroid dienone is 1. The molecule has 1 rings (SSSR count). The lowest BCUT2D eigenvalue weighted by molar-refractivity contribution is -0.118. The lowest BCUT2D eigenvalue weighted by Crippen LogP contribution is -2.02. The molecule has 0 saturated carbocycles. The molecule has 1 aromatic carbocycles. The molecule has 0 saturated heterocycles. The van der Waals surface area contributed by atoms with Crippen LogP contribution in [0, 0.1) is 5.82 Å². The average molecular weight is 234 g/mol. The summed E-state index contributed by atoms with van der Waals surface area (Å²) in [5.74, 6) is -0.0270. The first kappa shape index (κ1) is 13.6. The number of hydrogen-bond acceptors (Lipinski definition) is 1. The van der Waals surface area contributed by atoms with Gasteiger partial charge >= 0.3 is 0 Å². The van der Waals surface area contributed by atoms with Crippen LogP contribution in [0.4, 0.5) is 4.39 Å². The fourth-order valence-corrected chi connectivity index (χ4v) is 1.71. The molecule has 0 fully saturated rings. The quantitative estimate of drug-likeness (QED) is 0.489. The molecule has 17 heavy (non-hydrogen) atoms. The molecule has 0 aliphatic heterocycles. The van der Waals surface area contributed by atoms with Gasteiger partial charge in [-0.25, -0.2) is 4.39 Å². The van der Waals surface area contributed by atoms with Crippen LogP contribution in [0.3, 0.4) is 0 Å². The summed E-state index contributed by atoms with van der Waals surface area (Å²) in [7, 11) is 0. The molecule has 0 atom stereocenters. The third-order valence-corrected chi connectivity index (χ3v) is 2.68. The van der Waals surface area contributed by atoms with Crippen LogP contribution in [-0.2, 0) is 11.2 Å². The van der Waals surface area contributed by atoms with E-state index in [4.69, 9.17) is 0 Å². The minimum Gasteiger partial charge on any atom is -0.299 e. The van der Waals surface area contributed by atoms with E-state index < -0.39 is 0 Å². The fraction of sp³-hybridized carbons (Fsp3) is 0.400. The summed E-state index contributed by atoms with van der Waals surface area (Å²) in [4.78, 5) is 11.6. The van der Waals surface area contributed by atoms with Crippen LogP contribution < -0.4 is 0 Å². The van der Waals surface area contributed by atoms with Crippen LogP contribution in [0.2, 0.25) is 0 Å². The molecule has 0 aliphatic rings. The highest BCUT2D eigenvalue weighted by atomic mass is 19.1. The van der Waals surface area contributed by atoms with Gasteiger partial charge in [-0.1, -0.05) is 24.6 Å². The molecule has 0 unspecified atom stereocenters. The van der Waals surface area contributed by atoms with Crippen LogP contribution >= 0.6 is 0 Å². The number of carbonyl (C=O) groups is 1. The van der Waals surface area contributed by atoms with Gasteiger partial charge in [0.2, 0.25) is 0 Å². The first-order chi connectivity index (χ1) is 8.22. The maximum absolute atomic E-state index is 12.7. The average Bonchev–Trinajstić information content (AvgIpc) is 2.32. The van der Waals surface area contributed by atoms with Gasteiger partial charge in [0.15, 0.2) is 0 Å². The number of hydrogen-bond donors (Lipinski definition) is 0. The summed E-state index contributed by atoms with van der Waals surface area (Å²) >= 11 is 0. The SMILES string of the molecule is C=CCCCCCC(=O)Cc1ccc(F)cc1. The fourth-order valence-electron chi connectivity index (χ4n) is 1.71. The second-order valence-electron chi connectivity index (χ2n) is 4.23. The lowest BCUT2D eigenvalue weighted by atomic mass is 10.0. The van der Waals surface area contributed by atoms with Crippen LogP contribution in [0.25, 0.3) is 0 Å². The zero-order valence-corrected chi connectivity index (χ0v) is 10.1. The Morgan fingerprint density at radius 2 is 1.88 bits per heavy atom. The van der Waals surface area contributed by atoms with Crippen molar-refractivity contribution in [2.75, 3.05) is 0 Å². The van der Waals surface area contributed by atoms with E-state index in [9.17, 15) is 9.18 Å². The van der Waals surface area contributed by atoms with Gasteiger partial charge in [-0.3, -0.25) is 4.79 Å². The Balaban J connectivity index is 2.20. The van der Waals surface area contributed by atoms with Crippen molar-refractivity contribution in [3.63, 3.8) is 0 Å². The summed E-state index contributed by atoms with van der Waals surface area (Å²) in [5.41, 5.74) is 0.891. The molecule has 2 heteroatoms. The van der Waals surface area contributed by atoms with Crippen LogP contribution in [0.15, 0.2) is 36.9 Å². The van der Waals surface area contributed by atoms with Crippen molar-refractivity contribution in [3.8, 4) is 0 Å². The Kier molecular flexibility index (Phi) is 6.23. The maximum atomic E-state index is 12.7. The van der Waals surface area contributed by atoms with E-state index in [1.54, 1.807) is 12.1 Å². The van der Waals surface area contributed by atoms with Gasteiger partial charge in [-0.05, 0) is 37.0 Å². The molecule has 0 amide bonds. The zero-order valence-electron chi connectivity index (χ0n) is 10.1. The summed E-state index contributed by atoms with van der Waals surface area (Å²) in [5, 5.41) is 0. The van der Waals surface area contributed by atoms with Crippen molar-refractivity contribution in [1.82, 2.24) is 0 Å². The highest BCUT2D eigenvalue weighted by Gasteiger charge is 2.03. The molecule has 0 bridgehead atoms. The van der Waals surface area contributed by atoms with Crippen molar-refractivity contribution in [3.05, 3.63) is 48.3 Å². The van der Waals surface area contributed by atoms with E-state index in [0.29, 0.717) is 12.8 Å². The zero-order chi connectivity index (χ0) is 12.5. The van der Waals surface area contributed by atoms with Crippen molar-refractivity contribution >= 4 is 5.78 Å². The Bertz CT molecular complexity index is 354. The van der Waals surface area contributed by atoms with Crippen LogP contribution in [0.1, 0.15) is 37.7 Å². The van der Waals surface area contributed by atoms with E-state index in [0.717, 1.165) is 31.2 Å². The normalized spacial score (nSPS) is 10.2. The second-order valence-corrected chi connectivity index (χ2v) is 4.23. The molecule has 0 spiro atoms. The van der Waals surface area contributed by atoms with E-state index in [1.165, 1.54) is 12.1 Å². The monoisotopic (exact) mass is 234 g/mol. The van der Waals surface area contributed by atoms with Gasteiger partial charge < -0.3 is 0 Å². The van der Waals surface area contributed by atoms with Gasteiger partial charge in [-0.15, -0.1) is 6.58 Å². The topological polar surface area (TPSA) is 17.1 Å². The number of benzene rings is 1. The van der Waals surface area contributed by atoms with Crippen LogP contribution in [-0.4, -0.2) is 5.78 Å². The first-order valence-corrected chi connectivity index (χ1v) is 6.09. The lowest BCUT2D eigenvalue weighted by Gasteiger charge is -2.01. The molecule has 0 aliphatic carbocycles. The molecule has 0 aromatic heterocycles. The third kappa shape index (κ3) is 6.00. The highest BCUT2D eigenvalue weighted by molar-refractivity contribution is 5.80. The van der Waals surface area contributed by atoms with Crippen LogP contribution in [0.5, 0.6) is 0 Å². The van der Waals surface area contributed by atoms with Gasteiger partial charge in [0.1, 0.15) is 11.6 Å². The number of rotatable bonds is 8. The third-order valence-electron chi connectivity index (χ3n) is 2.68. The number of ketones is 1. The van der Waals surface area contributed by atoms with Crippen molar-refractivity contribution in [1.29, 1.82) is 0 Å². The molecule has 92 valence electrons. The highest BCUT2D eigenvalue weighted by Crippen LogP contribution is 2.08. The molecular weight excluding hydrogens is 215 g/mol. The molecule has 0 heterocycles. The van der Waals surface area contributed by atoms with E-state index >= 15 is 0 Å². The van der Waals surface area contributed by atoms with Crippen molar-refractivity contribution in [2.45, 2.75) is 38.5 Å². The van der Waals surface area contributed by atoms with Gasteiger partial charge in [0.05, 0.1) is 0 Å². The van der Waals surface area contributed by atoms with Crippen molar-refractivity contribution in [2.24, 2.45) is 0 Å². The summed E-state index contributed by atoms with van der Waals surface area (Å²) in [6, 6.07) is 6.13. The van der Waals surface area contributed by atoms with Gasteiger partial charge in [0, 0.05) is 12.8 Å². The first-order valence-electron chi connectivity index (χ1n) is 6.09. The van der Waals surface area contributed by atoms with E-state index in [2.05, 4.69) is 6.58 Å². The van der Waals surface area contributed by atoms with Gasteiger partial charge in [0.25, 0.3) is 0 Å². The number of unbranched alkanes of at least 4 members (excludes halogenated alkanes) is 3. The Morgan fingerprint density at radius 3 is 2.53 bits per heavy atom. The minimum atomic E-state index is -0.259. The Hall–Kier alpha value is -1.44. The predicted octanol–water partition coefficient (Wildman–Crippen LogP) is 4.07. The largest absolute Gasteiger partial charge is 0.299 e. The molecule has 1 aromatic rings. The molecular formula is C15H19FO. The minimum absolute atomic E-state index is 0.232. The summed E-state index contributed by atoms with van der Waals surface area (Å²) in [6.07, 6.45) is 7.07. The standard InChI is InChI=1S/C15H19FO/c1-2-3-4-5-6-7-15(17)12-13-8-10-14(16)11-9-13/h2,8-11H,1,3-7,12H2. The van der Waals surface area contributed by atoms with E-state index in [-0.39, 0.29) is 11.6 Å². The predicted molar refractivity (Wildman–Crippen MR) is 68.4 cm³/mol. The molecule has 0 radical (unpaired) electrons.